The lowest BCUT2D eigenvalue weighted by atomic mass is 10.2. The fourth-order valence-electron chi connectivity index (χ4n) is 1.53. The molecular weight excluding hydrogens is 239 g/mol. The third-order valence-electron chi connectivity index (χ3n) is 2.40. The predicted molar refractivity (Wildman–Crippen MR) is 70.3 cm³/mol. The van der Waals surface area contributed by atoms with Crippen molar-refractivity contribution in [3.63, 3.8) is 0 Å². The van der Waals surface area contributed by atoms with Gasteiger partial charge < -0.3 is 11.1 Å². The van der Waals surface area contributed by atoms with Gasteiger partial charge in [0.25, 0.3) is 0 Å². The SMILES string of the molecule is Cc1ccc(F)c(Nc2ccc(Cl)cc2N)c1. The van der Waals surface area contributed by atoms with Crippen LogP contribution in [0.4, 0.5) is 21.5 Å². The molecule has 0 bridgehead atoms. The van der Waals surface area contributed by atoms with Gasteiger partial charge in [-0.3, -0.25) is 0 Å². The third-order valence-corrected chi connectivity index (χ3v) is 2.64. The Hall–Kier alpha value is -1.74. The van der Waals surface area contributed by atoms with E-state index in [1.165, 1.54) is 6.07 Å². The number of aryl methyl sites for hydroxylation is 1. The highest BCUT2D eigenvalue weighted by Gasteiger charge is 2.05. The van der Waals surface area contributed by atoms with E-state index >= 15 is 0 Å². The van der Waals surface area contributed by atoms with Crippen molar-refractivity contribution in [2.24, 2.45) is 0 Å². The second kappa shape index (κ2) is 4.63. The summed E-state index contributed by atoms with van der Waals surface area (Å²) >= 11 is 5.79. The molecule has 2 rings (SSSR count). The van der Waals surface area contributed by atoms with Gasteiger partial charge in [0, 0.05) is 5.02 Å². The van der Waals surface area contributed by atoms with Crippen LogP contribution < -0.4 is 11.1 Å². The quantitative estimate of drug-likeness (QED) is 0.787. The molecule has 88 valence electrons. The Balaban J connectivity index is 2.34. The number of nitrogens with one attached hydrogen (secondary N) is 1. The van der Waals surface area contributed by atoms with Gasteiger partial charge in [0.1, 0.15) is 5.82 Å². The molecule has 2 aromatic carbocycles. The Morgan fingerprint density at radius 3 is 2.59 bits per heavy atom. The van der Waals surface area contributed by atoms with Crippen molar-refractivity contribution in [2.75, 3.05) is 11.1 Å². The molecule has 2 nitrogen and oxygen atoms in total. The zero-order chi connectivity index (χ0) is 12.4. The van der Waals surface area contributed by atoms with Crippen LogP contribution in [0, 0.1) is 12.7 Å². The highest BCUT2D eigenvalue weighted by Crippen LogP contribution is 2.27. The van der Waals surface area contributed by atoms with E-state index in [-0.39, 0.29) is 5.82 Å². The summed E-state index contributed by atoms with van der Waals surface area (Å²) < 4.78 is 13.5. The van der Waals surface area contributed by atoms with Crippen molar-refractivity contribution in [2.45, 2.75) is 6.92 Å². The number of nitrogens with two attached hydrogens (primary N) is 1. The molecule has 3 N–H and O–H groups in total. The molecule has 0 unspecified atom stereocenters. The van der Waals surface area contributed by atoms with Gasteiger partial charge in [0.2, 0.25) is 0 Å². The minimum atomic E-state index is -0.315. The molecule has 0 spiro atoms. The number of benzene rings is 2. The Morgan fingerprint density at radius 1 is 1.12 bits per heavy atom. The molecule has 0 fully saturated rings. The van der Waals surface area contributed by atoms with E-state index in [0.29, 0.717) is 22.1 Å². The molecule has 0 amide bonds. The van der Waals surface area contributed by atoms with Crippen LogP contribution in [-0.2, 0) is 0 Å². The van der Waals surface area contributed by atoms with Gasteiger partial charge in [-0.15, -0.1) is 0 Å². The molecule has 0 radical (unpaired) electrons. The van der Waals surface area contributed by atoms with E-state index in [4.69, 9.17) is 17.3 Å². The van der Waals surface area contributed by atoms with Crippen LogP contribution in [0.2, 0.25) is 5.02 Å². The average Bonchev–Trinajstić information content (AvgIpc) is 2.27. The highest BCUT2D eigenvalue weighted by atomic mass is 35.5. The van der Waals surface area contributed by atoms with Gasteiger partial charge in [0.15, 0.2) is 0 Å². The van der Waals surface area contributed by atoms with Crippen molar-refractivity contribution in [3.8, 4) is 0 Å². The summed E-state index contributed by atoms with van der Waals surface area (Å²) in [5.74, 6) is -0.315. The maximum absolute atomic E-state index is 13.5. The molecule has 0 aromatic heterocycles. The molecule has 0 saturated carbocycles. The van der Waals surface area contributed by atoms with E-state index in [1.54, 1.807) is 30.3 Å². The first-order valence-electron chi connectivity index (χ1n) is 5.14. The zero-order valence-corrected chi connectivity index (χ0v) is 10.1. The van der Waals surface area contributed by atoms with E-state index in [2.05, 4.69) is 5.32 Å². The third kappa shape index (κ3) is 2.68. The number of halogens is 2. The van der Waals surface area contributed by atoms with Crippen LogP contribution in [0.15, 0.2) is 36.4 Å². The Morgan fingerprint density at radius 2 is 1.88 bits per heavy atom. The summed E-state index contributed by atoms with van der Waals surface area (Å²) in [6.07, 6.45) is 0. The highest BCUT2D eigenvalue weighted by molar-refractivity contribution is 6.31. The summed E-state index contributed by atoms with van der Waals surface area (Å²) in [6.45, 7) is 1.90. The van der Waals surface area contributed by atoms with E-state index < -0.39 is 0 Å². The number of nitrogen functional groups attached to an aromatic ring is 1. The van der Waals surface area contributed by atoms with E-state index in [0.717, 1.165) is 5.56 Å². The molecule has 17 heavy (non-hydrogen) atoms. The lowest BCUT2D eigenvalue weighted by Gasteiger charge is -2.11. The predicted octanol–water partition coefficient (Wildman–Crippen LogP) is 4.11. The van der Waals surface area contributed by atoms with Crippen LogP contribution in [0.25, 0.3) is 0 Å². The van der Waals surface area contributed by atoms with Crippen LogP contribution in [0.5, 0.6) is 0 Å². The second-order valence-electron chi connectivity index (χ2n) is 3.84. The summed E-state index contributed by atoms with van der Waals surface area (Å²) in [6, 6.07) is 9.91. The minimum Gasteiger partial charge on any atom is -0.397 e. The smallest absolute Gasteiger partial charge is 0.146 e. The Bertz CT molecular complexity index is 555. The topological polar surface area (TPSA) is 38.0 Å². The van der Waals surface area contributed by atoms with Gasteiger partial charge in [-0.1, -0.05) is 17.7 Å². The Kier molecular flexibility index (Phi) is 3.20. The van der Waals surface area contributed by atoms with Crippen molar-refractivity contribution in [3.05, 3.63) is 52.8 Å². The van der Waals surface area contributed by atoms with Gasteiger partial charge in [-0.25, -0.2) is 4.39 Å². The molecule has 0 heterocycles. The Labute approximate surface area is 104 Å². The summed E-state index contributed by atoms with van der Waals surface area (Å²) in [7, 11) is 0. The molecule has 0 atom stereocenters. The molecule has 2 aromatic rings. The average molecular weight is 251 g/mol. The van der Waals surface area contributed by atoms with E-state index in [9.17, 15) is 4.39 Å². The molecule has 0 aliphatic rings. The number of anilines is 3. The zero-order valence-electron chi connectivity index (χ0n) is 9.30. The number of hydrogen-bond donors (Lipinski definition) is 2. The molecule has 0 aliphatic carbocycles. The van der Waals surface area contributed by atoms with Crippen molar-refractivity contribution in [1.82, 2.24) is 0 Å². The lowest BCUT2D eigenvalue weighted by Crippen LogP contribution is -1.98. The molecule has 4 heteroatoms. The maximum atomic E-state index is 13.5. The van der Waals surface area contributed by atoms with Gasteiger partial charge in [0.05, 0.1) is 17.1 Å². The molecule has 0 saturated heterocycles. The fourth-order valence-corrected chi connectivity index (χ4v) is 1.71. The molecule has 0 aliphatic heterocycles. The second-order valence-corrected chi connectivity index (χ2v) is 4.28. The van der Waals surface area contributed by atoms with Crippen molar-refractivity contribution in [1.29, 1.82) is 0 Å². The van der Waals surface area contributed by atoms with Crippen LogP contribution in [-0.4, -0.2) is 0 Å². The first-order chi connectivity index (χ1) is 8.06. The van der Waals surface area contributed by atoms with Crippen LogP contribution in [0.3, 0.4) is 0 Å². The number of hydrogen-bond acceptors (Lipinski definition) is 2. The van der Waals surface area contributed by atoms with E-state index in [1.807, 2.05) is 6.92 Å². The standard InChI is InChI=1S/C13H12ClFN2/c1-8-2-4-10(15)13(6-8)17-12-5-3-9(14)7-11(12)16/h2-7,17H,16H2,1H3. The van der Waals surface area contributed by atoms with Crippen LogP contribution in [0.1, 0.15) is 5.56 Å². The van der Waals surface area contributed by atoms with Crippen molar-refractivity contribution >= 4 is 28.7 Å². The fraction of sp³-hybridized carbons (Fsp3) is 0.0769. The van der Waals surface area contributed by atoms with Crippen LogP contribution >= 0.6 is 11.6 Å². The lowest BCUT2D eigenvalue weighted by molar-refractivity contribution is 0.631. The summed E-state index contributed by atoms with van der Waals surface area (Å²) in [4.78, 5) is 0. The van der Waals surface area contributed by atoms with Crippen molar-refractivity contribution < 1.29 is 4.39 Å². The first-order valence-corrected chi connectivity index (χ1v) is 5.52. The first kappa shape index (κ1) is 11.7. The molecular formula is C13H12ClFN2. The van der Waals surface area contributed by atoms with Gasteiger partial charge in [-0.05, 0) is 42.8 Å². The summed E-state index contributed by atoms with van der Waals surface area (Å²) in [5.41, 5.74) is 8.29. The number of rotatable bonds is 2. The largest absolute Gasteiger partial charge is 0.397 e. The van der Waals surface area contributed by atoms with Gasteiger partial charge >= 0.3 is 0 Å². The summed E-state index contributed by atoms with van der Waals surface area (Å²) in [5, 5.41) is 3.50. The minimum absolute atomic E-state index is 0.315. The van der Waals surface area contributed by atoms with Gasteiger partial charge in [-0.2, -0.15) is 0 Å². The normalized spacial score (nSPS) is 10.3. The monoisotopic (exact) mass is 250 g/mol. The maximum Gasteiger partial charge on any atom is 0.146 e.